The predicted molar refractivity (Wildman–Crippen MR) is 123 cm³/mol. The zero-order valence-corrected chi connectivity index (χ0v) is 19.5. The Labute approximate surface area is 175 Å². The Hall–Kier alpha value is -0.470. The molecule has 0 spiro atoms. The van der Waals surface area contributed by atoms with Crippen LogP contribution >= 0.6 is 35.7 Å². The minimum absolute atomic E-state index is 0. The quantitative estimate of drug-likeness (QED) is 0.229. The van der Waals surface area contributed by atoms with E-state index >= 15 is 0 Å². The van der Waals surface area contributed by atoms with Gasteiger partial charge in [0.05, 0.1) is 0 Å². The Morgan fingerprint density at radius 2 is 1.84 bits per heavy atom. The van der Waals surface area contributed by atoms with Crippen LogP contribution in [0.1, 0.15) is 39.2 Å². The van der Waals surface area contributed by atoms with Gasteiger partial charge in [-0.3, -0.25) is 4.99 Å². The lowest BCUT2D eigenvalue weighted by molar-refractivity contribution is 0.292. The first kappa shape index (κ1) is 24.5. The largest absolute Gasteiger partial charge is 0.354 e. The fraction of sp³-hybridized carbons (Fsp3) is 0.632. The van der Waals surface area contributed by atoms with Gasteiger partial charge in [-0.2, -0.15) is 0 Å². The van der Waals surface area contributed by atoms with Gasteiger partial charge in [-0.15, -0.1) is 35.7 Å². The van der Waals surface area contributed by atoms with E-state index in [0.29, 0.717) is 6.04 Å². The monoisotopic (exact) mass is 478 g/mol. The number of guanidine groups is 1. The zero-order chi connectivity index (χ0) is 17.8. The molecular weight excluding hydrogens is 443 g/mol. The summed E-state index contributed by atoms with van der Waals surface area (Å²) < 4.78 is 0. The Balaban J connectivity index is 0.00000576. The molecule has 0 radical (unpaired) electrons. The van der Waals surface area contributed by atoms with E-state index in [1.165, 1.54) is 23.4 Å². The van der Waals surface area contributed by atoms with Crippen LogP contribution in [0.3, 0.4) is 0 Å². The molecule has 1 atom stereocenters. The average Bonchev–Trinajstić information content (AvgIpc) is 2.62. The third-order valence-electron chi connectivity index (χ3n) is 4.23. The standard InChI is InChI=1S/C19H34N4S.HI/c1-6-23(7-2)14-8-9-16(3)22-19(20-4)21-15-17-10-12-18(24-5)13-11-17;/h10-13,16H,6-9,14-15H2,1-5H3,(H2,20,21,22);1H. The zero-order valence-electron chi connectivity index (χ0n) is 16.3. The van der Waals surface area contributed by atoms with E-state index in [2.05, 4.69) is 71.8 Å². The van der Waals surface area contributed by atoms with E-state index in [9.17, 15) is 0 Å². The van der Waals surface area contributed by atoms with Crippen molar-refractivity contribution in [1.82, 2.24) is 15.5 Å². The summed E-state index contributed by atoms with van der Waals surface area (Å²) >= 11 is 1.77. The second-order valence-electron chi connectivity index (χ2n) is 5.99. The molecule has 0 saturated carbocycles. The topological polar surface area (TPSA) is 39.7 Å². The highest BCUT2D eigenvalue weighted by molar-refractivity contribution is 14.0. The van der Waals surface area contributed by atoms with Crippen LogP contribution < -0.4 is 10.6 Å². The van der Waals surface area contributed by atoms with Crippen molar-refractivity contribution in [3.63, 3.8) is 0 Å². The third-order valence-corrected chi connectivity index (χ3v) is 4.98. The van der Waals surface area contributed by atoms with Crippen molar-refractivity contribution < 1.29 is 0 Å². The number of nitrogens with zero attached hydrogens (tertiary/aromatic N) is 2. The number of hydrogen-bond acceptors (Lipinski definition) is 3. The van der Waals surface area contributed by atoms with Crippen molar-refractivity contribution in [2.24, 2.45) is 4.99 Å². The number of hydrogen-bond donors (Lipinski definition) is 2. The van der Waals surface area contributed by atoms with E-state index in [1.54, 1.807) is 11.8 Å². The Morgan fingerprint density at radius 3 is 2.36 bits per heavy atom. The van der Waals surface area contributed by atoms with Crippen LogP contribution in [0.25, 0.3) is 0 Å². The van der Waals surface area contributed by atoms with Crippen LogP contribution in [0, 0.1) is 0 Å². The number of aliphatic imine (C=N–C) groups is 1. The van der Waals surface area contributed by atoms with E-state index < -0.39 is 0 Å². The summed E-state index contributed by atoms with van der Waals surface area (Å²) in [6.07, 6.45) is 4.46. The average molecular weight is 478 g/mol. The van der Waals surface area contributed by atoms with Gasteiger partial charge in [0.15, 0.2) is 5.96 Å². The molecule has 0 aliphatic heterocycles. The van der Waals surface area contributed by atoms with Crippen molar-refractivity contribution in [1.29, 1.82) is 0 Å². The lowest BCUT2D eigenvalue weighted by atomic mass is 10.2. The van der Waals surface area contributed by atoms with E-state index in [0.717, 1.165) is 32.0 Å². The molecule has 25 heavy (non-hydrogen) atoms. The summed E-state index contributed by atoms with van der Waals surface area (Å²) in [6.45, 7) is 10.9. The molecule has 0 fully saturated rings. The van der Waals surface area contributed by atoms with Crippen molar-refractivity contribution in [2.45, 2.75) is 51.1 Å². The third kappa shape index (κ3) is 10.3. The van der Waals surface area contributed by atoms with Crippen LogP contribution in [0.2, 0.25) is 0 Å². The molecule has 6 heteroatoms. The Bertz CT molecular complexity index is 475. The van der Waals surface area contributed by atoms with Crippen LogP contribution in [0.4, 0.5) is 0 Å². The molecular formula is C19H35IN4S. The predicted octanol–water partition coefficient (Wildman–Crippen LogP) is 4.20. The number of thioether (sulfide) groups is 1. The normalized spacial score (nSPS) is 12.6. The van der Waals surface area contributed by atoms with Gasteiger partial charge in [0, 0.05) is 24.5 Å². The smallest absolute Gasteiger partial charge is 0.191 e. The van der Waals surface area contributed by atoms with Gasteiger partial charge in [-0.1, -0.05) is 26.0 Å². The molecule has 1 rings (SSSR count). The van der Waals surface area contributed by atoms with Crippen molar-refractivity contribution in [3.05, 3.63) is 29.8 Å². The van der Waals surface area contributed by atoms with Crippen LogP contribution in [-0.4, -0.2) is 49.8 Å². The lowest BCUT2D eigenvalue weighted by Crippen LogP contribution is -2.42. The number of halogens is 1. The lowest BCUT2D eigenvalue weighted by Gasteiger charge is -2.21. The van der Waals surface area contributed by atoms with Gasteiger partial charge < -0.3 is 15.5 Å². The molecule has 0 amide bonds. The minimum atomic E-state index is 0. The maximum absolute atomic E-state index is 4.33. The van der Waals surface area contributed by atoms with Gasteiger partial charge in [0.25, 0.3) is 0 Å². The Morgan fingerprint density at radius 1 is 1.20 bits per heavy atom. The van der Waals surface area contributed by atoms with Crippen LogP contribution in [-0.2, 0) is 6.54 Å². The van der Waals surface area contributed by atoms with E-state index in [4.69, 9.17) is 0 Å². The molecule has 0 bridgehead atoms. The first-order valence-corrected chi connectivity index (χ1v) is 10.2. The number of benzene rings is 1. The highest BCUT2D eigenvalue weighted by Gasteiger charge is 2.06. The molecule has 1 aromatic rings. The molecule has 2 N–H and O–H groups in total. The SMILES string of the molecule is CCN(CC)CCCC(C)NC(=NC)NCc1ccc(SC)cc1.I. The van der Waals surface area contributed by atoms with Gasteiger partial charge in [0.2, 0.25) is 0 Å². The molecule has 1 unspecified atom stereocenters. The number of nitrogens with one attached hydrogen (secondary N) is 2. The van der Waals surface area contributed by atoms with E-state index in [-0.39, 0.29) is 24.0 Å². The summed E-state index contributed by atoms with van der Waals surface area (Å²) in [4.78, 5) is 8.10. The number of rotatable bonds is 10. The maximum atomic E-state index is 4.33. The molecule has 0 aliphatic carbocycles. The summed E-state index contributed by atoms with van der Waals surface area (Å²) in [5.74, 6) is 0.874. The summed E-state index contributed by atoms with van der Waals surface area (Å²) in [5, 5.41) is 6.88. The molecule has 144 valence electrons. The second-order valence-corrected chi connectivity index (χ2v) is 6.87. The molecule has 4 nitrogen and oxygen atoms in total. The first-order chi connectivity index (χ1) is 11.6. The second kappa shape index (κ2) is 14.7. The minimum Gasteiger partial charge on any atom is -0.354 e. The van der Waals surface area contributed by atoms with Crippen LogP contribution in [0.5, 0.6) is 0 Å². The van der Waals surface area contributed by atoms with Crippen LogP contribution in [0.15, 0.2) is 34.2 Å². The molecule has 0 heterocycles. The molecule has 1 aromatic carbocycles. The summed E-state index contributed by atoms with van der Waals surface area (Å²) in [5.41, 5.74) is 1.27. The molecule has 0 saturated heterocycles. The molecule has 0 aromatic heterocycles. The van der Waals surface area contributed by atoms with Gasteiger partial charge in [-0.25, -0.2) is 0 Å². The van der Waals surface area contributed by atoms with Gasteiger partial charge in [0.1, 0.15) is 0 Å². The van der Waals surface area contributed by atoms with Crippen molar-refractivity contribution in [3.8, 4) is 0 Å². The fourth-order valence-corrected chi connectivity index (χ4v) is 3.00. The first-order valence-electron chi connectivity index (χ1n) is 8.95. The van der Waals surface area contributed by atoms with Crippen molar-refractivity contribution >= 4 is 41.7 Å². The highest BCUT2D eigenvalue weighted by atomic mass is 127. The van der Waals surface area contributed by atoms with Crippen molar-refractivity contribution in [2.75, 3.05) is 32.9 Å². The Kier molecular flexibility index (Phi) is 14.4. The molecule has 0 aliphatic rings. The summed E-state index contributed by atoms with van der Waals surface area (Å²) in [7, 11) is 1.83. The summed E-state index contributed by atoms with van der Waals surface area (Å²) in [6, 6.07) is 9.08. The van der Waals surface area contributed by atoms with E-state index in [1.807, 2.05) is 7.05 Å². The fourth-order valence-electron chi connectivity index (χ4n) is 2.59. The highest BCUT2D eigenvalue weighted by Crippen LogP contribution is 2.14. The maximum Gasteiger partial charge on any atom is 0.191 e. The van der Waals surface area contributed by atoms with Gasteiger partial charge in [-0.05, 0) is 63.4 Å². The van der Waals surface area contributed by atoms with Gasteiger partial charge >= 0.3 is 0 Å².